The molecule has 0 spiro atoms. The Bertz CT molecular complexity index is 552. The van der Waals surface area contributed by atoms with E-state index in [4.69, 9.17) is 0 Å². The van der Waals surface area contributed by atoms with Crippen molar-refractivity contribution in [1.82, 2.24) is 4.72 Å². The molecule has 0 saturated heterocycles. The molecule has 1 atom stereocenters. The van der Waals surface area contributed by atoms with Crippen molar-refractivity contribution in [1.29, 1.82) is 0 Å². The largest absolute Gasteiger partial charge is 0.392 e. The lowest BCUT2D eigenvalue weighted by atomic mass is 10.1. The predicted molar refractivity (Wildman–Crippen MR) is 81.1 cm³/mol. The Balaban J connectivity index is 3.18. The van der Waals surface area contributed by atoms with Crippen LogP contribution >= 0.6 is 0 Å². The first-order valence-electron chi connectivity index (χ1n) is 7.09. The number of hydrogen-bond acceptors (Lipinski definition) is 3. The highest BCUT2D eigenvalue weighted by molar-refractivity contribution is 7.89. The molecule has 114 valence electrons. The highest BCUT2D eigenvalue weighted by Gasteiger charge is 2.21. The third-order valence-corrected chi connectivity index (χ3v) is 5.25. The minimum Gasteiger partial charge on any atom is -0.392 e. The molecule has 2 N–H and O–H groups in total. The SMILES string of the molecule is CCCC(CC)NS(=O)(=O)c1cc(CO)cc(C)c1C. The quantitative estimate of drug-likeness (QED) is 0.813. The second-order valence-corrected chi connectivity index (χ2v) is 6.89. The van der Waals surface area contributed by atoms with E-state index in [0.29, 0.717) is 5.56 Å². The van der Waals surface area contributed by atoms with Crippen LogP contribution in [-0.2, 0) is 16.6 Å². The number of nitrogens with one attached hydrogen (secondary N) is 1. The fourth-order valence-corrected chi connectivity index (χ4v) is 3.97. The van der Waals surface area contributed by atoms with Crippen LogP contribution in [0.1, 0.15) is 49.8 Å². The van der Waals surface area contributed by atoms with Crippen molar-refractivity contribution in [2.45, 2.75) is 64.5 Å². The van der Waals surface area contributed by atoms with Crippen molar-refractivity contribution in [3.8, 4) is 0 Å². The molecule has 0 radical (unpaired) electrons. The summed E-state index contributed by atoms with van der Waals surface area (Å²) in [5.74, 6) is 0. The van der Waals surface area contributed by atoms with Crippen molar-refractivity contribution >= 4 is 10.0 Å². The second kappa shape index (κ2) is 7.20. The van der Waals surface area contributed by atoms with Gasteiger partial charge in [0.25, 0.3) is 0 Å². The smallest absolute Gasteiger partial charge is 0.241 e. The summed E-state index contributed by atoms with van der Waals surface area (Å²) >= 11 is 0. The van der Waals surface area contributed by atoms with Gasteiger partial charge < -0.3 is 5.11 Å². The van der Waals surface area contributed by atoms with Gasteiger partial charge in [0, 0.05) is 6.04 Å². The molecule has 0 bridgehead atoms. The zero-order chi connectivity index (χ0) is 15.3. The van der Waals surface area contributed by atoms with Gasteiger partial charge in [0.2, 0.25) is 10.0 Å². The van der Waals surface area contributed by atoms with Crippen LogP contribution in [0.5, 0.6) is 0 Å². The molecule has 1 aromatic rings. The molecule has 0 saturated carbocycles. The van der Waals surface area contributed by atoms with Crippen LogP contribution in [0.4, 0.5) is 0 Å². The molecule has 0 aliphatic heterocycles. The van der Waals surface area contributed by atoms with E-state index < -0.39 is 10.0 Å². The number of aryl methyl sites for hydroxylation is 1. The van der Waals surface area contributed by atoms with Gasteiger partial charge in [-0.05, 0) is 49.4 Å². The third kappa shape index (κ3) is 4.04. The van der Waals surface area contributed by atoms with Gasteiger partial charge in [-0.3, -0.25) is 0 Å². The van der Waals surface area contributed by atoms with Crippen LogP contribution in [0.3, 0.4) is 0 Å². The average molecular weight is 299 g/mol. The molecular formula is C15H25NO3S. The van der Waals surface area contributed by atoms with Crippen LogP contribution in [0, 0.1) is 13.8 Å². The monoisotopic (exact) mass is 299 g/mol. The van der Waals surface area contributed by atoms with Crippen molar-refractivity contribution in [2.75, 3.05) is 0 Å². The molecule has 1 aromatic carbocycles. The number of hydrogen-bond donors (Lipinski definition) is 2. The number of sulfonamides is 1. The molecule has 20 heavy (non-hydrogen) atoms. The normalized spacial score (nSPS) is 13.4. The molecule has 0 aliphatic carbocycles. The third-order valence-electron chi connectivity index (χ3n) is 3.60. The van der Waals surface area contributed by atoms with E-state index in [1.54, 1.807) is 13.0 Å². The first kappa shape index (κ1) is 17.1. The number of aliphatic hydroxyl groups is 1. The van der Waals surface area contributed by atoms with Crippen molar-refractivity contribution < 1.29 is 13.5 Å². The zero-order valence-corrected chi connectivity index (χ0v) is 13.5. The van der Waals surface area contributed by atoms with E-state index >= 15 is 0 Å². The highest BCUT2D eigenvalue weighted by atomic mass is 32.2. The van der Waals surface area contributed by atoms with E-state index in [1.165, 1.54) is 0 Å². The van der Waals surface area contributed by atoms with Gasteiger partial charge >= 0.3 is 0 Å². The van der Waals surface area contributed by atoms with E-state index in [-0.39, 0.29) is 17.5 Å². The number of rotatable bonds is 7. The molecule has 0 heterocycles. The lowest BCUT2D eigenvalue weighted by Gasteiger charge is -2.18. The first-order valence-corrected chi connectivity index (χ1v) is 8.57. The molecule has 1 rings (SSSR count). The number of benzene rings is 1. The van der Waals surface area contributed by atoms with Gasteiger partial charge in [0.05, 0.1) is 11.5 Å². The summed E-state index contributed by atoms with van der Waals surface area (Å²) in [5.41, 5.74) is 2.23. The predicted octanol–water partition coefficient (Wildman–Crippen LogP) is 2.65. The maximum absolute atomic E-state index is 12.5. The van der Waals surface area contributed by atoms with E-state index in [0.717, 1.165) is 30.4 Å². The maximum Gasteiger partial charge on any atom is 0.241 e. The van der Waals surface area contributed by atoms with Crippen LogP contribution in [-0.4, -0.2) is 19.6 Å². The van der Waals surface area contributed by atoms with Crippen molar-refractivity contribution in [3.63, 3.8) is 0 Å². The Morgan fingerprint density at radius 1 is 1.25 bits per heavy atom. The Morgan fingerprint density at radius 2 is 1.90 bits per heavy atom. The summed E-state index contributed by atoms with van der Waals surface area (Å²) in [6.45, 7) is 7.52. The van der Waals surface area contributed by atoms with Crippen molar-refractivity contribution in [3.05, 3.63) is 28.8 Å². The molecule has 4 nitrogen and oxygen atoms in total. The van der Waals surface area contributed by atoms with Crippen LogP contribution < -0.4 is 4.72 Å². The Hall–Kier alpha value is -0.910. The van der Waals surface area contributed by atoms with Gasteiger partial charge in [-0.1, -0.05) is 26.3 Å². The second-order valence-electron chi connectivity index (χ2n) is 5.21. The molecule has 0 amide bonds. The molecule has 0 aliphatic rings. The molecular weight excluding hydrogens is 274 g/mol. The fraction of sp³-hybridized carbons (Fsp3) is 0.600. The average Bonchev–Trinajstić information content (AvgIpc) is 2.40. The van der Waals surface area contributed by atoms with Crippen LogP contribution in [0.2, 0.25) is 0 Å². The lowest BCUT2D eigenvalue weighted by Crippen LogP contribution is -2.34. The maximum atomic E-state index is 12.5. The Kier molecular flexibility index (Phi) is 6.17. The minimum atomic E-state index is -3.54. The van der Waals surface area contributed by atoms with Gasteiger partial charge in [-0.25, -0.2) is 13.1 Å². The first-order chi connectivity index (χ1) is 9.35. The van der Waals surface area contributed by atoms with Gasteiger partial charge in [-0.15, -0.1) is 0 Å². The highest BCUT2D eigenvalue weighted by Crippen LogP contribution is 2.22. The molecule has 5 heteroatoms. The summed E-state index contributed by atoms with van der Waals surface area (Å²) in [5, 5.41) is 9.24. The topological polar surface area (TPSA) is 66.4 Å². The Morgan fingerprint density at radius 3 is 2.40 bits per heavy atom. The lowest BCUT2D eigenvalue weighted by molar-refractivity contribution is 0.281. The summed E-state index contributed by atoms with van der Waals surface area (Å²) in [7, 11) is -3.54. The summed E-state index contributed by atoms with van der Waals surface area (Å²) in [4.78, 5) is 0.274. The van der Waals surface area contributed by atoms with Crippen LogP contribution in [0.15, 0.2) is 17.0 Å². The minimum absolute atomic E-state index is 0.0394. The van der Waals surface area contributed by atoms with E-state index in [9.17, 15) is 13.5 Å². The van der Waals surface area contributed by atoms with Gasteiger partial charge in [-0.2, -0.15) is 0 Å². The Labute approximate surface area is 122 Å². The standard InChI is InChI=1S/C15H25NO3S/c1-5-7-14(6-2)16-20(18,19)15-9-13(10-17)8-11(3)12(15)4/h8-9,14,16-17H,5-7,10H2,1-4H3. The van der Waals surface area contributed by atoms with Gasteiger partial charge in [0.15, 0.2) is 0 Å². The number of aliphatic hydroxyl groups excluding tert-OH is 1. The van der Waals surface area contributed by atoms with E-state index in [1.807, 2.05) is 26.8 Å². The van der Waals surface area contributed by atoms with E-state index in [2.05, 4.69) is 4.72 Å². The summed E-state index contributed by atoms with van der Waals surface area (Å²) in [6.07, 6.45) is 2.54. The zero-order valence-electron chi connectivity index (χ0n) is 12.7. The summed E-state index contributed by atoms with van der Waals surface area (Å²) in [6, 6.07) is 3.34. The molecule has 1 unspecified atom stereocenters. The van der Waals surface area contributed by atoms with Crippen LogP contribution in [0.25, 0.3) is 0 Å². The molecule has 0 fully saturated rings. The van der Waals surface area contributed by atoms with Crippen molar-refractivity contribution in [2.24, 2.45) is 0 Å². The molecule has 0 aromatic heterocycles. The fourth-order valence-electron chi connectivity index (χ4n) is 2.25. The summed E-state index contributed by atoms with van der Waals surface area (Å²) < 4.78 is 27.8. The van der Waals surface area contributed by atoms with Gasteiger partial charge in [0.1, 0.15) is 0 Å².